The van der Waals surface area contributed by atoms with Crippen LogP contribution in [0.1, 0.15) is 25.1 Å². The van der Waals surface area contributed by atoms with Gasteiger partial charge in [0.05, 0.1) is 17.1 Å². The lowest BCUT2D eigenvalue weighted by Gasteiger charge is -2.56. The molecule has 11 heteroatoms. The van der Waals surface area contributed by atoms with E-state index in [4.69, 9.17) is 11.6 Å². The number of aromatic amines is 1. The van der Waals surface area contributed by atoms with Gasteiger partial charge in [0.25, 0.3) is 0 Å². The van der Waals surface area contributed by atoms with E-state index in [1.54, 1.807) is 0 Å². The van der Waals surface area contributed by atoms with Crippen molar-refractivity contribution in [3.05, 3.63) is 28.8 Å². The first-order valence-corrected chi connectivity index (χ1v) is 10.7. The number of nitrogens with one attached hydrogen (secondary N) is 2. The van der Waals surface area contributed by atoms with Crippen molar-refractivity contribution in [2.45, 2.75) is 44.1 Å². The zero-order chi connectivity index (χ0) is 22.0. The molecule has 1 aromatic heterocycles. The summed E-state index contributed by atoms with van der Waals surface area (Å²) < 4.78 is 52.6. The fraction of sp³-hybridized carbons (Fsp3) is 0.600. The molecule has 0 radical (unpaired) electrons. The minimum Gasteiger partial charge on any atom is -0.354 e. The van der Waals surface area contributed by atoms with E-state index in [1.165, 1.54) is 12.1 Å². The molecule has 1 aliphatic carbocycles. The van der Waals surface area contributed by atoms with Crippen molar-refractivity contribution in [2.75, 3.05) is 26.2 Å². The Morgan fingerprint density at radius 3 is 2.65 bits per heavy atom. The molecule has 1 saturated carbocycles. The lowest BCUT2D eigenvalue weighted by molar-refractivity contribution is -0.192. The predicted molar refractivity (Wildman–Crippen MR) is 106 cm³/mol. The first-order chi connectivity index (χ1) is 14.7. The topological polar surface area (TPSA) is 64.3 Å². The number of carbonyl (C=O) groups is 1. The van der Waals surface area contributed by atoms with Gasteiger partial charge in [-0.25, -0.2) is 9.37 Å². The van der Waals surface area contributed by atoms with E-state index in [0.29, 0.717) is 42.0 Å². The molecule has 2 aromatic rings. The van der Waals surface area contributed by atoms with Gasteiger partial charge in [0, 0.05) is 38.3 Å². The van der Waals surface area contributed by atoms with Crippen LogP contribution in [0.15, 0.2) is 12.1 Å². The summed E-state index contributed by atoms with van der Waals surface area (Å²) in [5, 5.41) is 2.75. The van der Waals surface area contributed by atoms with E-state index in [2.05, 4.69) is 25.1 Å². The summed E-state index contributed by atoms with van der Waals surface area (Å²) in [4.78, 5) is 24.1. The van der Waals surface area contributed by atoms with Crippen molar-refractivity contribution < 1.29 is 22.4 Å². The summed E-state index contributed by atoms with van der Waals surface area (Å²) in [6.45, 7) is 2.95. The highest BCUT2D eigenvalue weighted by Gasteiger charge is 2.68. The SMILES string of the molecule is O=C(NCCN1C2CC1CN(Cc1nc3c(Cl)cc(F)cc3[nH]1)C2)C1(C(F)(F)F)CC1. The summed E-state index contributed by atoms with van der Waals surface area (Å²) in [7, 11) is 0. The van der Waals surface area contributed by atoms with Crippen molar-refractivity contribution in [3.63, 3.8) is 0 Å². The Balaban J connectivity index is 1.12. The number of aromatic nitrogens is 2. The van der Waals surface area contributed by atoms with Gasteiger partial charge in [-0.2, -0.15) is 13.2 Å². The van der Waals surface area contributed by atoms with E-state index in [9.17, 15) is 22.4 Å². The zero-order valence-corrected chi connectivity index (χ0v) is 17.4. The van der Waals surface area contributed by atoms with Crippen LogP contribution in [0.25, 0.3) is 11.0 Å². The summed E-state index contributed by atoms with van der Waals surface area (Å²) in [6.07, 6.45) is -3.68. The van der Waals surface area contributed by atoms with E-state index >= 15 is 0 Å². The van der Waals surface area contributed by atoms with Crippen LogP contribution in [0.3, 0.4) is 0 Å². The molecule has 6 rings (SSSR count). The highest BCUT2D eigenvalue weighted by atomic mass is 35.5. The number of imidazole rings is 1. The van der Waals surface area contributed by atoms with Crippen LogP contribution >= 0.6 is 11.6 Å². The summed E-state index contributed by atoms with van der Waals surface area (Å²) >= 11 is 6.06. The Kier molecular flexibility index (Phi) is 4.95. The number of rotatable bonds is 6. The maximum atomic E-state index is 13.5. The first-order valence-electron chi connectivity index (χ1n) is 10.3. The molecule has 4 heterocycles. The van der Waals surface area contributed by atoms with Crippen LogP contribution in [-0.4, -0.2) is 70.1 Å². The summed E-state index contributed by atoms with van der Waals surface area (Å²) in [6, 6.07) is 3.21. The predicted octanol–water partition coefficient (Wildman–Crippen LogP) is 3.07. The molecule has 1 aromatic carbocycles. The Morgan fingerprint density at radius 1 is 1.29 bits per heavy atom. The lowest BCUT2D eigenvalue weighted by atomic mass is 9.87. The minimum absolute atomic E-state index is 0.119. The second kappa shape index (κ2) is 7.31. The number of piperidine rings is 1. The van der Waals surface area contributed by atoms with Gasteiger partial charge in [-0.1, -0.05) is 11.6 Å². The molecule has 2 bridgehead atoms. The van der Waals surface area contributed by atoms with Crippen LogP contribution in [0.2, 0.25) is 5.02 Å². The maximum Gasteiger partial charge on any atom is 0.403 e. The van der Waals surface area contributed by atoms with E-state index in [-0.39, 0.29) is 24.4 Å². The highest BCUT2D eigenvalue weighted by molar-refractivity contribution is 6.34. The van der Waals surface area contributed by atoms with Gasteiger partial charge < -0.3 is 10.3 Å². The number of hydrogen-bond donors (Lipinski definition) is 2. The Bertz CT molecular complexity index is 1010. The number of nitrogens with zero attached hydrogens (tertiary/aromatic N) is 3. The fourth-order valence-corrected chi connectivity index (χ4v) is 5.13. The molecule has 4 fully saturated rings. The first kappa shape index (κ1) is 21.0. The van der Waals surface area contributed by atoms with Gasteiger partial charge >= 0.3 is 6.18 Å². The summed E-state index contributed by atoms with van der Waals surface area (Å²) in [5.41, 5.74) is -1.05. The molecule has 1 amide bonds. The second-order valence-corrected chi connectivity index (χ2v) is 9.19. The van der Waals surface area contributed by atoms with Crippen molar-refractivity contribution in [1.29, 1.82) is 0 Å². The third-order valence-electron chi connectivity index (χ3n) is 6.73. The molecule has 3 saturated heterocycles. The van der Waals surface area contributed by atoms with Crippen LogP contribution in [0.4, 0.5) is 17.6 Å². The third kappa shape index (κ3) is 3.68. The molecular weight excluding hydrogens is 438 g/mol. The van der Waals surface area contributed by atoms with E-state index in [0.717, 1.165) is 19.5 Å². The monoisotopic (exact) mass is 459 g/mol. The molecule has 2 unspecified atom stereocenters. The largest absolute Gasteiger partial charge is 0.403 e. The standard InChI is InChI=1S/C20H22ClF4N5O/c21-14-5-11(22)6-15-17(14)28-16(27-15)10-29-8-12-7-13(9-29)30(12)4-3-26-18(31)19(1-2-19)20(23,24)25/h5-6,12-13H,1-4,7-10H2,(H,26,31)(H,27,28). The molecule has 6 nitrogen and oxygen atoms in total. The molecule has 168 valence electrons. The number of carbonyl (C=O) groups excluding carboxylic acids is 1. The number of piperazine rings is 1. The van der Waals surface area contributed by atoms with Crippen LogP contribution in [-0.2, 0) is 11.3 Å². The fourth-order valence-electron chi connectivity index (χ4n) is 4.88. The summed E-state index contributed by atoms with van der Waals surface area (Å²) in [5.74, 6) is -0.603. The molecule has 3 aliphatic heterocycles. The van der Waals surface area contributed by atoms with Crippen molar-refractivity contribution in [3.8, 4) is 0 Å². The van der Waals surface area contributed by atoms with Crippen molar-refractivity contribution in [1.82, 2.24) is 25.1 Å². The quantitative estimate of drug-likeness (QED) is 0.652. The van der Waals surface area contributed by atoms with Gasteiger partial charge in [0.2, 0.25) is 5.91 Å². The van der Waals surface area contributed by atoms with Crippen LogP contribution in [0.5, 0.6) is 0 Å². The van der Waals surface area contributed by atoms with Crippen molar-refractivity contribution in [2.24, 2.45) is 5.41 Å². The maximum absolute atomic E-state index is 13.5. The number of halogens is 5. The molecule has 2 atom stereocenters. The van der Waals surface area contributed by atoms with Gasteiger partial charge in [0.15, 0.2) is 0 Å². The van der Waals surface area contributed by atoms with Gasteiger partial charge in [-0.05, 0) is 31.4 Å². The van der Waals surface area contributed by atoms with Gasteiger partial charge in [-0.3, -0.25) is 14.6 Å². The van der Waals surface area contributed by atoms with Crippen molar-refractivity contribution >= 4 is 28.5 Å². The average Bonchev–Trinajstić information content (AvgIpc) is 3.42. The zero-order valence-electron chi connectivity index (χ0n) is 16.6. The minimum atomic E-state index is -4.47. The Hall–Kier alpha value is -1.91. The van der Waals surface area contributed by atoms with E-state index in [1.807, 2.05) is 0 Å². The molecule has 4 aliphatic rings. The van der Waals surface area contributed by atoms with Gasteiger partial charge in [-0.15, -0.1) is 0 Å². The second-order valence-electron chi connectivity index (χ2n) is 8.78. The number of benzene rings is 1. The lowest BCUT2D eigenvalue weighted by Crippen LogP contribution is -2.69. The molecular formula is C20H22ClF4N5O. The Labute approximate surface area is 180 Å². The number of H-pyrrole nitrogens is 1. The normalized spacial score (nSPS) is 25.5. The Morgan fingerprint density at radius 2 is 2.00 bits per heavy atom. The number of hydrogen-bond acceptors (Lipinski definition) is 4. The number of fused-ring (bicyclic) bond motifs is 3. The van der Waals surface area contributed by atoms with E-state index < -0.39 is 23.3 Å². The average molecular weight is 460 g/mol. The number of alkyl halides is 3. The van der Waals surface area contributed by atoms with Crippen LogP contribution in [0, 0.1) is 11.2 Å². The molecule has 0 spiro atoms. The van der Waals surface area contributed by atoms with Gasteiger partial charge in [0.1, 0.15) is 22.6 Å². The highest BCUT2D eigenvalue weighted by Crippen LogP contribution is 2.57. The third-order valence-corrected chi connectivity index (χ3v) is 7.02. The molecule has 2 N–H and O–H groups in total. The molecule has 31 heavy (non-hydrogen) atoms. The smallest absolute Gasteiger partial charge is 0.354 e. The van der Waals surface area contributed by atoms with Crippen LogP contribution < -0.4 is 5.32 Å². The number of amides is 1.